The van der Waals surface area contributed by atoms with Crippen LogP contribution in [0.5, 0.6) is 0 Å². The Labute approximate surface area is 113 Å². The lowest BCUT2D eigenvalue weighted by Gasteiger charge is -2.15. The number of nitrogens with one attached hydrogen (secondary N) is 1. The smallest absolute Gasteiger partial charge is 0.0637 e. The van der Waals surface area contributed by atoms with E-state index in [1.54, 1.807) is 0 Å². The van der Waals surface area contributed by atoms with Crippen LogP contribution in [0, 0.1) is 6.92 Å². The molecule has 0 amide bonds. The van der Waals surface area contributed by atoms with Gasteiger partial charge in [0.1, 0.15) is 0 Å². The minimum absolute atomic E-state index is 0.460. The lowest BCUT2D eigenvalue weighted by Crippen LogP contribution is -2.19. The van der Waals surface area contributed by atoms with Crippen LogP contribution in [0.15, 0.2) is 42.5 Å². The molecule has 1 aliphatic rings. The molecule has 1 N–H and O–H groups in total. The van der Waals surface area contributed by atoms with Gasteiger partial charge in [-0.3, -0.25) is 0 Å². The van der Waals surface area contributed by atoms with E-state index in [9.17, 15) is 0 Å². The lowest BCUT2D eigenvalue weighted by molar-refractivity contribution is 0.774. The molecule has 0 atom stereocenters. The number of aryl methyl sites for hydroxylation is 1. The van der Waals surface area contributed by atoms with Gasteiger partial charge < -0.3 is 5.32 Å². The minimum atomic E-state index is 0.460. The van der Waals surface area contributed by atoms with Gasteiger partial charge in [0.25, 0.3) is 0 Å². The fraction of sp³-hybridized carbons (Fsp3) is 0.250. The van der Waals surface area contributed by atoms with Gasteiger partial charge in [-0.15, -0.1) is 0 Å². The van der Waals surface area contributed by atoms with Crippen LogP contribution in [-0.4, -0.2) is 6.04 Å². The van der Waals surface area contributed by atoms with Crippen molar-refractivity contribution in [2.75, 3.05) is 5.32 Å². The summed E-state index contributed by atoms with van der Waals surface area (Å²) in [6, 6.07) is 15.2. The maximum absolute atomic E-state index is 6.22. The zero-order valence-electron chi connectivity index (χ0n) is 10.4. The Kier molecular flexibility index (Phi) is 3.00. The van der Waals surface area contributed by atoms with Crippen molar-refractivity contribution in [1.82, 2.24) is 0 Å². The van der Waals surface area contributed by atoms with Crippen LogP contribution in [0.2, 0.25) is 5.02 Å². The SMILES string of the molecule is Cc1ccc(Cl)c(NC2Cc3ccccc3C2)c1. The van der Waals surface area contributed by atoms with E-state index >= 15 is 0 Å². The van der Waals surface area contributed by atoms with E-state index in [-0.39, 0.29) is 0 Å². The molecule has 1 aliphatic carbocycles. The average Bonchev–Trinajstić information content (AvgIpc) is 2.76. The summed E-state index contributed by atoms with van der Waals surface area (Å²) in [6.07, 6.45) is 2.17. The van der Waals surface area contributed by atoms with Crippen molar-refractivity contribution in [3.63, 3.8) is 0 Å². The van der Waals surface area contributed by atoms with E-state index in [0.29, 0.717) is 6.04 Å². The van der Waals surface area contributed by atoms with E-state index < -0.39 is 0 Å². The van der Waals surface area contributed by atoms with E-state index in [4.69, 9.17) is 11.6 Å². The highest BCUT2D eigenvalue weighted by Gasteiger charge is 2.21. The Morgan fingerprint density at radius 2 is 1.72 bits per heavy atom. The predicted molar refractivity (Wildman–Crippen MR) is 77.4 cm³/mol. The first kappa shape index (κ1) is 11.6. The van der Waals surface area contributed by atoms with Crippen LogP contribution < -0.4 is 5.32 Å². The van der Waals surface area contributed by atoms with Gasteiger partial charge in [-0.1, -0.05) is 41.9 Å². The molecule has 0 heterocycles. The second-order valence-electron chi connectivity index (χ2n) is 5.00. The standard InChI is InChI=1S/C16H16ClN/c1-11-6-7-15(17)16(8-11)18-14-9-12-4-2-3-5-13(12)10-14/h2-8,14,18H,9-10H2,1H3. The summed E-state index contributed by atoms with van der Waals surface area (Å²) in [5.41, 5.74) is 5.20. The number of rotatable bonds is 2. The molecule has 0 unspecified atom stereocenters. The molecule has 2 aromatic rings. The van der Waals surface area contributed by atoms with Crippen LogP contribution in [0.3, 0.4) is 0 Å². The number of hydrogen-bond acceptors (Lipinski definition) is 1. The molecule has 0 radical (unpaired) electrons. The summed E-state index contributed by atoms with van der Waals surface area (Å²) in [7, 11) is 0. The van der Waals surface area contributed by atoms with E-state index in [2.05, 4.69) is 42.6 Å². The van der Waals surface area contributed by atoms with Crippen LogP contribution in [0.4, 0.5) is 5.69 Å². The van der Waals surface area contributed by atoms with Crippen LogP contribution in [0.1, 0.15) is 16.7 Å². The molecule has 0 aromatic heterocycles. The van der Waals surface area contributed by atoms with E-state index in [0.717, 1.165) is 23.6 Å². The van der Waals surface area contributed by atoms with Gasteiger partial charge in [-0.05, 0) is 48.6 Å². The summed E-state index contributed by atoms with van der Waals surface area (Å²) >= 11 is 6.22. The maximum atomic E-state index is 6.22. The van der Waals surface area contributed by atoms with Crippen molar-refractivity contribution in [3.8, 4) is 0 Å². The Hall–Kier alpha value is -1.47. The van der Waals surface area contributed by atoms with Crippen molar-refractivity contribution in [1.29, 1.82) is 0 Å². The first-order valence-corrected chi connectivity index (χ1v) is 6.69. The van der Waals surface area contributed by atoms with Gasteiger partial charge >= 0.3 is 0 Å². The highest BCUT2D eigenvalue weighted by molar-refractivity contribution is 6.33. The van der Waals surface area contributed by atoms with Gasteiger partial charge in [0.15, 0.2) is 0 Å². The summed E-state index contributed by atoms with van der Waals surface area (Å²) in [5.74, 6) is 0. The first-order valence-electron chi connectivity index (χ1n) is 6.32. The van der Waals surface area contributed by atoms with Crippen molar-refractivity contribution in [3.05, 3.63) is 64.2 Å². The molecular formula is C16H16ClN. The summed E-state index contributed by atoms with van der Waals surface area (Å²) in [6.45, 7) is 2.09. The number of hydrogen-bond donors (Lipinski definition) is 1. The zero-order valence-corrected chi connectivity index (χ0v) is 11.2. The summed E-state index contributed by atoms with van der Waals surface area (Å²) in [5, 5.41) is 4.37. The molecule has 0 saturated heterocycles. The van der Waals surface area contributed by atoms with E-state index in [1.165, 1.54) is 16.7 Å². The highest BCUT2D eigenvalue weighted by atomic mass is 35.5. The van der Waals surface area contributed by atoms with Crippen LogP contribution >= 0.6 is 11.6 Å². The van der Waals surface area contributed by atoms with Crippen LogP contribution in [0.25, 0.3) is 0 Å². The Bertz CT molecular complexity index is 552. The largest absolute Gasteiger partial charge is 0.380 e. The van der Waals surface area contributed by atoms with Crippen molar-refractivity contribution < 1.29 is 0 Å². The molecule has 18 heavy (non-hydrogen) atoms. The molecular weight excluding hydrogens is 242 g/mol. The van der Waals surface area contributed by atoms with Gasteiger partial charge in [0.2, 0.25) is 0 Å². The lowest BCUT2D eigenvalue weighted by atomic mass is 10.1. The van der Waals surface area contributed by atoms with E-state index in [1.807, 2.05) is 12.1 Å². The second kappa shape index (κ2) is 4.66. The Morgan fingerprint density at radius 1 is 1.06 bits per heavy atom. The molecule has 2 aromatic carbocycles. The Morgan fingerprint density at radius 3 is 2.39 bits per heavy atom. The monoisotopic (exact) mass is 257 g/mol. The fourth-order valence-corrected chi connectivity index (χ4v) is 2.80. The zero-order chi connectivity index (χ0) is 12.5. The normalized spacial score (nSPS) is 14.6. The van der Waals surface area contributed by atoms with Crippen molar-refractivity contribution >= 4 is 17.3 Å². The third-order valence-corrected chi connectivity index (χ3v) is 3.86. The van der Waals surface area contributed by atoms with Crippen molar-refractivity contribution in [2.24, 2.45) is 0 Å². The van der Waals surface area contributed by atoms with Crippen LogP contribution in [-0.2, 0) is 12.8 Å². The van der Waals surface area contributed by atoms with Gasteiger partial charge in [-0.25, -0.2) is 0 Å². The molecule has 3 rings (SSSR count). The maximum Gasteiger partial charge on any atom is 0.0637 e. The quantitative estimate of drug-likeness (QED) is 0.849. The second-order valence-corrected chi connectivity index (χ2v) is 5.41. The number of fused-ring (bicyclic) bond motifs is 1. The highest BCUT2D eigenvalue weighted by Crippen LogP contribution is 2.28. The Balaban J connectivity index is 1.78. The number of halogens is 1. The molecule has 0 aliphatic heterocycles. The third-order valence-electron chi connectivity index (χ3n) is 3.53. The molecule has 0 bridgehead atoms. The fourth-order valence-electron chi connectivity index (χ4n) is 2.63. The third kappa shape index (κ3) is 2.23. The minimum Gasteiger partial charge on any atom is -0.380 e. The number of anilines is 1. The summed E-state index contributed by atoms with van der Waals surface area (Å²) in [4.78, 5) is 0. The molecule has 1 nitrogen and oxygen atoms in total. The molecule has 2 heteroatoms. The summed E-state index contributed by atoms with van der Waals surface area (Å²) < 4.78 is 0. The van der Waals surface area contributed by atoms with Crippen molar-refractivity contribution in [2.45, 2.75) is 25.8 Å². The molecule has 0 saturated carbocycles. The van der Waals surface area contributed by atoms with Gasteiger partial charge in [0.05, 0.1) is 10.7 Å². The molecule has 92 valence electrons. The predicted octanol–water partition coefficient (Wildman–Crippen LogP) is 4.23. The molecule has 0 fully saturated rings. The average molecular weight is 258 g/mol. The topological polar surface area (TPSA) is 12.0 Å². The van der Waals surface area contributed by atoms with Gasteiger partial charge in [-0.2, -0.15) is 0 Å². The first-order chi connectivity index (χ1) is 8.72. The number of benzene rings is 2. The molecule has 0 spiro atoms. The van der Waals surface area contributed by atoms with Gasteiger partial charge in [0, 0.05) is 6.04 Å².